The number of ketones is 1. The molecule has 1 unspecified atom stereocenters. The molecule has 0 radical (unpaired) electrons. The molecule has 1 aliphatic rings. The molecule has 182 valence electrons. The van der Waals surface area contributed by atoms with Crippen molar-refractivity contribution in [2.24, 2.45) is 5.41 Å². The molecule has 1 aromatic heterocycles. The van der Waals surface area contributed by atoms with Gasteiger partial charge in [-0.3, -0.25) is 14.4 Å². The van der Waals surface area contributed by atoms with E-state index in [0.29, 0.717) is 23.0 Å². The number of hydrogen-bond acceptors (Lipinski definition) is 5. The van der Waals surface area contributed by atoms with Gasteiger partial charge in [-0.2, -0.15) is 0 Å². The molecule has 8 heteroatoms. The number of amides is 2. The molecular weight excluding hydrogens is 446 g/mol. The lowest BCUT2D eigenvalue weighted by atomic mass is 9.83. The van der Waals surface area contributed by atoms with Crippen LogP contribution in [0.5, 0.6) is 0 Å². The Hall–Kier alpha value is -3.94. The molecule has 2 heterocycles. The van der Waals surface area contributed by atoms with Crippen LogP contribution in [-0.2, 0) is 9.53 Å². The predicted octanol–water partition coefficient (Wildman–Crippen LogP) is 3.54. The number of para-hydroxylation sites is 1. The number of esters is 1. The van der Waals surface area contributed by atoms with Gasteiger partial charge in [0.05, 0.1) is 29.8 Å². The third kappa shape index (κ3) is 4.56. The number of nitrogens with zero attached hydrogens (tertiary/aromatic N) is 2. The molecule has 2 amide bonds. The highest BCUT2D eigenvalue weighted by atomic mass is 16.5. The van der Waals surface area contributed by atoms with Crippen LogP contribution >= 0.6 is 0 Å². The van der Waals surface area contributed by atoms with Crippen molar-refractivity contribution in [1.29, 1.82) is 0 Å². The minimum Gasteiger partial charge on any atom is -0.465 e. The zero-order valence-electron chi connectivity index (χ0n) is 20.3. The number of fused-ring (bicyclic) bond motifs is 1. The lowest BCUT2D eigenvalue weighted by Crippen LogP contribution is -2.61. The van der Waals surface area contributed by atoms with E-state index in [2.05, 4.69) is 4.98 Å². The van der Waals surface area contributed by atoms with Crippen molar-refractivity contribution >= 4 is 34.5 Å². The first-order valence-corrected chi connectivity index (χ1v) is 11.5. The molecule has 1 aliphatic heterocycles. The molecule has 1 saturated heterocycles. The van der Waals surface area contributed by atoms with Crippen molar-refractivity contribution in [3.63, 3.8) is 0 Å². The van der Waals surface area contributed by atoms with Crippen molar-refractivity contribution in [3.05, 3.63) is 71.4 Å². The van der Waals surface area contributed by atoms with E-state index in [1.165, 1.54) is 18.2 Å². The Bertz CT molecular complexity index is 1290. The van der Waals surface area contributed by atoms with Gasteiger partial charge in [-0.25, -0.2) is 4.79 Å². The van der Waals surface area contributed by atoms with Crippen LogP contribution in [0.4, 0.5) is 0 Å². The molecule has 2 aromatic carbocycles. The van der Waals surface area contributed by atoms with Crippen LogP contribution in [0.3, 0.4) is 0 Å². The highest BCUT2D eigenvalue weighted by Gasteiger charge is 2.41. The number of ether oxygens (including phenoxy) is 1. The largest absolute Gasteiger partial charge is 0.465 e. The van der Waals surface area contributed by atoms with Crippen LogP contribution in [0.25, 0.3) is 10.9 Å². The Morgan fingerprint density at radius 3 is 2.31 bits per heavy atom. The number of piperazine rings is 1. The molecule has 1 fully saturated rings. The fraction of sp³-hybridized carbons (Fsp3) is 0.333. The van der Waals surface area contributed by atoms with Gasteiger partial charge in [0.1, 0.15) is 0 Å². The second-order valence-corrected chi connectivity index (χ2v) is 9.75. The van der Waals surface area contributed by atoms with Crippen molar-refractivity contribution in [3.8, 4) is 0 Å². The summed E-state index contributed by atoms with van der Waals surface area (Å²) in [5.41, 5.74) is 1.21. The maximum Gasteiger partial charge on any atom is 0.339 e. The van der Waals surface area contributed by atoms with E-state index in [9.17, 15) is 19.2 Å². The van der Waals surface area contributed by atoms with Gasteiger partial charge in [-0.1, -0.05) is 51.1 Å². The lowest BCUT2D eigenvalue weighted by Gasteiger charge is -2.47. The Balaban J connectivity index is 1.58. The van der Waals surface area contributed by atoms with Crippen LogP contribution in [0.2, 0.25) is 0 Å². The second kappa shape index (κ2) is 9.37. The minimum absolute atomic E-state index is 0.0871. The summed E-state index contributed by atoms with van der Waals surface area (Å²) in [6, 6.07) is 13.7. The van der Waals surface area contributed by atoms with Gasteiger partial charge in [-0.05, 0) is 23.6 Å². The van der Waals surface area contributed by atoms with Crippen LogP contribution in [-0.4, -0.2) is 71.1 Å². The first kappa shape index (κ1) is 24.2. The maximum atomic E-state index is 13.3. The Kier molecular flexibility index (Phi) is 6.47. The molecule has 3 aromatic rings. The summed E-state index contributed by atoms with van der Waals surface area (Å²) in [6.45, 7) is 6.90. The molecule has 1 atom stereocenters. The first-order valence-electron chi connectivity index (χ1n) is 11.5. The normalized spacial score (nSPS) is 16.3. The van der Waals surface area contributed by atoms with E-state index in [-0.39, 0.29) is 41.6 Å². The summed E-state index contributed by atoms with van der Waals surface area (Å²) in [4.78, 5) is 58.1. The molecule has 1 N–H and O–H groups in total. The molecule has 4 rings (SSSR count). The Morgan fingerprint density at radius 1 is 0.943 bits per heavy atom. The lowest BCUT2D eigenvalue weighted by molar-refractivity contribution is -0.130. The van der Waals surface area contributed by atoms with Crippen LogP contribution < -0.4 is 0 Å². The quantitative estimate of drug-likeness (QED) is 0.354. The molecule has 35 heavy (non-hydrogen) atoms. The predicted molar refractivity (Wildman–Crippen MR) is 131 cm³/mol. The molecular formula is C27H29N3O5. The molecule has 0 spiro atoms. The number of aromatic amines is 1. The average Bonchev–Trinajstić information content (AvgIpc) is 3.31. The number of carbonyl (C=O) groups is 4. The first-order chi connectivity index (χ1) is 16.6. The number of carbonyl (C=O) groups excluding carboxylic acids is 4. The Labute approximate surface area is 203 Å². The summed E-state index contributed by atoms with van der Waals surface area (Å²) in [5, 5.41) is 0.483. The summed E-state index contributed by atoms with van der Waals surface area (Å²) in [5.74, 6) is -1.91. The number of nitrogens with one attached hydrogen (secondary N) is 1. The van der Waals surface area contributed by atoms with Crippen molar-refractivity contribution < 1.29 is 23.9 Å². The zero-order chi connectivity index (χ0) is 25.3. The number of aromatic nitrogens is 1. The highest BCUT2D eigenvalue weighted by molar-refractivity contribution is 6.45. The number of Topliss-reactive ketones (excluding diaryl/α,β-unsaturated/α-hetero) is 1. The summed E-state index contributed by atoms with van der Waals surface area (Å²) in [6.07, 6.45) is 1.45. The van der Waals surface area contributed by atoms with Gasteiger partial charge in [0.15, 0.2) is 0 Å². The van der Waals surface area contributed by atoms with Crippen LogP contribution in [0.15, 0.2) is 54.7 Å². The van der Waals surface area contributed by atoms with Crippen LogP contribution in [0.1, 0.15) is 51.8 Å². The third-order valence-corrected chi connectivity index (χ3v) is 6.51. The molecule has 8 nitrogen and oxygen atoms in total. The molecule has 0 aliphatic carbocycles. The number of rotatable bonds is 4. The van der Waals surface area contributed by atoms with E-state index in [0.717, 1.165) is 0 Å². The van der Waals surface area contributed by atoms with Gasteiger partial charge in [0.2, 0.25) is 0 Å². The van der Waals surface area contributed by atoms with Crippen molar-refractivity contribution in [2.75, 3.05) is 26.7 Å². The fourth-order valence-corrected chi connectivity index (χ4v) is 4.58. The van der Waals surface area contributed by atoms with Gasteiger partial charge in [0, 0.05) is 36.8 Å². The topological polar surface area (TPSA) is 99.8 Å². The van der Waals surface area contributed by atoms with Gasteiger partial charge < -0.3 is 19.5 Å². The van der Waals surface area contributed by atoms with Crippen molar-refractivity contribution in [2.45, 2.75) is 26.8 Å². The third-order valence-electron chi connectivity index (χ3n) is 6.51. The summed E-state index contributed by atoms with van der Waals surface area (Å²) < 4.78 is 4.81. The van der Waals surface area contributed by atoms with E-state index >= 15 is 0 Å². The smallest absolute Gasteiger partial charge is 0.339 e. The summed E-state index contributed by atoms with van der Waals surface area (Å²) >= 11 is 0. The van der Waals surface area contributed by atoms with Crippen LogP contribution in [0, 0.1) is 5.41 Å². The number of methoxy groups -OCH3 is 1. The van der Waals surface area contributed by atoms with E-state index < -0.39 is 17.7 Å². The van der Waals surface area contributed by atoms with Gasteiger partial charge >= 0.3 is 5.97 Å². The number of hydrogen-bond donors (Lipinski definition) is 1. The minimum atomic E-state index is -0.659. The van der Waals surface area contributed by atoms with E-state index in [1.807, 2.05) is 39.0 Å². The van der Waals surface area contributed by atoms with Gasteiger partial charge in [0.25, 0.3) is 17.6 Å². The number of benzene rings is 2. The zero-order valence-corrected chi connectivity index (χ0v) is 20.3. The second-order valence-electron chi connectivity index (χ2n) is 9.75. The Morgan fingerprint density at radius 2 is 1.66 bits per heavy atom. The fourth-order valence-electron chi connectivity index (χ4n) is 4.58. The number of H-pyrrole nitrogens is 1. The highest BCUT2D eigenvalue weighted by Crippen LogP contribution is 2.30. The van der Waals surface area contributed by atoms with E-state index in [4.69, 9.17) is 4.74 Å². The summed E-state index contributed by atoms with van der Waals surface area (Å²) in [7, 11) is 1.29. The standard InChI is InChI=1S/C27H29N3O5/c1-27(2,3)21-16-29(13-14-30(21)24(32)17-9-6-5-7-10-17)25(33)23(31)20-15-28-22-18(20)11-8-12-19(22)26(34)35-4/h5-12,15,21,28H,13-14,16H2,1-4H3. The molecule has 0 saturated carbocycles. The van der Waals surface area contributed by atoms with E-state index in [1.54, 1.807) is 35.2 Å². The monoisotopic (exact) mass is 475 g/mol. The maximum absolute atomic E-state index is 13.3. The SMILES string of the molecule is COC(=O)c1cccc2c(C(=O)C(=O)N3CCN(C(=O)c4ccccc4)C(C(C)(C)C)C3)c[nH]c12. The van der Waals surface area contributed by atoms with Crippen molar-refractivity contribution in [1.82, 2.24) is 14.8 Å². The average molecular weight is 476 g/mol. The van der Waals surface area contributed by atoms with Gasteiger partial charge in [-0.15, -0.1) is 0 Å². The molecule has 0 bridgehead atoms.